The van der Waals surface area contributed by atoms with Gasteiger partial charge in [-0.3, -0.25) is 4.98 Å². The average Bonchev–Trinajstić information content (AvgIpc) is 2.46. The standard InChI is InChI=1S/C16H14N2S/c1-19-13-4-2-3-11(9-13)14-7-8-18-16-6-5-12(17)10-15(14)16/h2-10H,17H2,1H3. The summed E-state index contributed by atoms with van der Waals surface area (Å²) in [5.74, 6) is 0. The molecule has 1 heterocycles. The van der Waals surface area contributed by atoms with Gasteiger partial charge in [0.15, 0.2) is 0 Å². The van der Waals surface area contributed by atoms with Gasteiger partial charge in [-0.2, -0.15) is 0 Å². The van der Waals surface area contributed by atoms with Crippen LogP contribution in [-0.2, 0) is 0 Å². The Labute approximate surface area is 116 Å². The van der Waals surface area contributed by atoms with Crippen LogP contribution < -0.4 is 5.73 Å². The molecule has 0 bridgehead atoms. The van der Waals surface area contributed by atoms with Crippen molar-refractivity contribution in [2.75, 3.05) is 12.0 Å². The predicted octanol–water partition coefficient (Wildman–Crippen LogP) is 4.21. The monoisotopic (exact) mass is 266 g/mol. The van der Waals surface area contributed by atoms with Crippen molar-refractivity contribution in [1.29, 1.82) is 0 Å². The Kier molecular flexibility index (Phi) is 3.13. The van der Waals surface area contributed by atoms with E-state index in [1.165, 1.54) is 16.0 Å². The Morgan fingerprint density at radius 2 is 1.95 bits per heavy atom. The van der Waals surface area contributed by atoms with Gasteiger partial charge in [-0.1, -0.05) is 12.1 Å². The molecular formula is C16H14N2S. The van der Waals surface area contributed by atoms with E-state index in [0.29, 0.717) is 0 Å². The number of anilines is 1. The van der Waals surface area contributed by atoms with Crippen molar-refractivity contribution in [3.63, 3.8) is 0 Å². The second kappa shape index (κ2) is 4.94. The largest absolute Gasteiger partial charge is 0.399 e. The molecule has 94 valence electrons. The van der Waals surface area contributed by atoms with Crippen LogP contribution in [0.5, 0.6) is 0 Å². The fraction of sp³-hybridized carbons (Fsp3) is 0.0625. The highest BCUT2D eigenvalue weighted by molar-refractivity contribution is 7.98. The molecule has 0 aliphatic rings. The molecule has 0 saturated carbocycles. The highest BCUT2D eigenvalue weighted by atomic mass is 32.2. The molecule has 2 N–H and O–H groups in total. The predicted molar refractivity (Wildman–Crippen MR) is 83.4 cm³/mol. The van der Waals surface area contributed by atoms with Gasteiger partial charge in [-0.05, 0) is 53.8 Å². The summed E-state index contributed by atoms with van der Waals surface area (Å²) in [6, 6.07) is 16.4. The summed E-state index contributed by atoms with van der Waals surface area (Å²) in [6.07, 6.45) is 3.93. The minimum atomic E-state index is 0.766. The molecule has 19 heavy (non-hydrogen) atoms. The summed E-state index contributed by atoms with van der Waals surface area (Å²) in [5.41, 5.74) is 10.0. The number of benzene rings is 2. The number of nitrogens with two attached hydrogens (primary N) is 1. The van der Waals surface area contributed by atoms with Crippen molar-refractivity contribution in [3.8, 4) is 11.1 Å². The molecule has 0 fully saturated rings. The maximum Gasteiger partial charge on any atom is 0.0709 e. The third-order valence-electron chi connectivity index (χ3n) is 3.15. The average molecular weight is 266 g/mol. The Morgan fingerprint density at radius 1 is 1.05 bits per heavy atom. The lowest BCUT2D eigenvalue weighted by atomic mass is 10.0. The minimum absolute atomic E-state index is 0.766. The van der Waals surface area contributed by atoms with E-state index in [1.54, 1.807) is 11.8 Å². The van der Waals surface area contributed by atoms with Gasteiger partial charge in [0.25, 0.3) is 0 Å². The first-order valence-corrected chi connectivity index (χ1v) is 7.29. The molecular weight excluding hydrogens is 252 g/mol. The van der Waals surface area contributed by atoms with Crippen LogP contribution in [0.3, 0.4) is 0 Å². The van der Waals surface area contributed by atoms with Gasteiger partial charge < -0.3 is 5.73 Å². The lowest BCUT2D eigenvalue weighted by Crippen LogP contribution is -1.88. The first-order valence-electron chi connectivity index (χ1n) is 6.06. The molecule has 0 saturated heterocycles. The number of fused-ring (bicyclic) bond motifs is 1. The second-order valence-corrected chi connectivity index (χ2v) is 5.25. The topological polar surface area (TPSA) is 38.9 Å². The maximum absolute atomic E-state index is 5.90. The van der Waals surface area contributed by atoms with E-state index in [2.05, 4.69) is 35.5 Å². The Morgan fingerprint density at radius 3 is 2.79 bits per heavy atom. The second-order valence-electron chi connectivity index (χ2n) is 4.37. The number of rotatable bonds is 2. The van der Waals surface area contributed by atoms with Crippen LogP contribution in [0, 0.1) is 0 Å². The van der Waals surface area contributed by atoms with Crippen LogP contribution in [0.25, 0.3) is 22.0 Å². The van der Waals surface area contributed by atoms with E-state index in [-0.39, 0.29) is 0 Å². The first kappa shape index (κ1) is 12.1. The highest BCUT2D eigenvalue weighted by Gasteiger charge is 2.05. The van der Waals surface area contributed by atoms with Crippen LogP contribution >= 0.6 is 11.8 Å². The number of thioether (sulfide) groups is 1. The molecule has 0 radical (unpaired) electrons. The molecule has 3 rings (SSSR count). The van der Waals surface area contributed by atoms with Gasteiger partial charge in [0.2, 0.25) is 0 Å². The van der Waals surface area contributed by atoms with Gasteiger partial charge in [0.05, 0.1) is 5.52 Å². The van der Waals surface area contributed by atoms with Crippen LogP contribution in [-0.4, -0.2) is 11.2 Å². The van der Waals surface area contributed by atoms with E-state index >= 15 is 0 Å². The number of nitrogens with zero attached hydrogens (tertiary/aromatic N) is 1. The van der Waals surface area contributed by atoms with Gasteiger partial charge in [0, 0.05) is 22.2 Å². The summed E-state index contributed by atoms with van der Waals surface area (Å²) < 4.78 is 0. The summed E-state index contributed by atoms with van der Waals surface area (Å²) in [4.78, 5) is 5.65. The molecule has 0 amide bonds. The SMILES string of the molecule is CSc1cccc(-c2ccnc3ccc(N)cc23)c1. The van der Waals surface area contributed by atoms with E-state index in [9.17, 15) is 0 Å². The van der Waals surface area contributed by atoms with Crippen molar-refractivity contribution in [1.82, 2.24) is 4.98 Å². The van der Waals surface area contributed by atoms with E-state index in [1.807, 2.05) is 30.5 Å². The van der Waals surface area contributed by atoms with Crippen LogP contribution in [0.15, 0.2) is 59.6 Å². The lowest BCUT2D eigenvalue weighted by molar-refractivity contribution is 1.40. The molecule has 2 aromatic carbocycles. The van der Waals surface area contributed by atoms with E-state index in [0.717, 1.165) is 16.6 Å². The Hall–Kier alpha value is -2.00. The summed E-state index contributed by atoms with van der Waals surface area (Å²) in [5, 5.41) is 1.10. The van der Waals surface area contributed by atoms with Gasteiger partial charge in [-0.15, -0.1) is 11.8 Å². The molecule has 0 spiro atoms. The lowest BCUT2D eigenvalue weighted by Gasteiger charge is -2.08. The number of hydrogen-bond donors (Lipinski definition) is 1. The normalized spacial score (nSPS) is 10.8. The zero-order valence-corrected chi connectivity index (χ0v) is 11.4. The van der Waals surface area contributed by atoms with E-state index < -0.39 is 0 Å². The van der Waals surface area contributed by atoms with Crippen molar-refractivity contribution < 1.29 is 0 Å². The third-order valence-corrected chi connectivity index (χ3v) is 3.87. The summed E-state index contributed by atoms with van der Waals surface area (Å²) in [7, 11) is 0. The molecule has 0 aliphatic carbocycles. The van der Waals surface area contributed by atoms with Crippen molar-refractivity contribution >= 4 is 28.4 Å². The van der Waals surface area contributed by atoms with Crippen molar-refractivity contribution in [3.05, 3.63) is 54.7 Å². The van der Waals surface area contributed by atoms with Gasteiger partial charge in [0.1, 0.15) is 0 Å². The number of pyridine rings is 1. The summed E-state index contributed by atoms with van der Waals surface area (Å²) >= 11 is 1.75. The Bertz CT molecular complexity index is 738. The molecule has 0 atom stereocenters. The number of hydrogen-bond acceptors (Lipinski definition) is 3. The zero-order chi connectivity index (χ0) is 13.2. The Balaban J connectivity index is 2.26. The fourth-order valence-corrected chi connectivity index (χ4v) is 2.67. The molecule has 0 aliphatic heterocycles. The molecule has 1 aromatic heterocycles. The minimum Gasteiger partial charge on any atom is -0.399 e. The van der Waals surface area contributed by atoms with Crippen LogP contribution in [0.2, 0.25) is 0 Å². The quantitative estimate of drug-likeness (QED) is 0.558. The molecule has 0 unspecified atom stereocenters. The van der Waals surface area contributed by atoms with Gasteiger partial charge >= 0.3 is 0 Å². The summed E-state index contributed by atoms with van der Waals surface area (Å²) in [6.45, 7) is 0. The van der Waals surface area contributed by atoms with Gasteiger partial charge in [-0.25, -0.2) is 0 Å². The maximum atomic E-state index is 5.90. The van der Waals surface area contributed by atoms with Crippen LogP contribution in [0.1, 0.15) is 0 Å². The third kappa shape index (κ3) is 2.29. The van der Waals surface area contributed by atoms with Crippen molar-refractivity contribution in [2.24, 2.45) is 0 Å². The molecule has 3 aromatic rings. The van der Waals surface area contributed by atoms with Crippen LogP contribution in [0.4, 0.5) is 5.69 Å². The molecule has 2 nitrogen and oxygen atoms in total. The first-order chi connectivity index (χ1) is 9.28. The highest BCUT2D eigenvalue weighted by Crippen LogP contribution is 2.30. The van der Waals surface area contributed by atoms with E-state index in [4.69, 9.17) is 5.73 Å². The number of aromatic nitrogens is 1. The zero-order valence-electron chi connectivity index (χ0n) is 10.6. The fourth-order valence-electron chi connectivity index (χ4n) is 2.21. The number of nitrogen functional groups attached to an aromatic ring is 1. The smallest absolute Gasteiger partial charge is 0.0709 e. The molecule has 3 heteroatoms. The van der Waals surface area contributed by atoms with Crippen molar-refractivity contribution in [2.45, 2.75) is 4.90 Å².